The van der Waals surface area contributed by atoms with Crippen molar-refractivity contribution in [1.29, 1.82) is 0 Å². The molecule has 0 aliphatic carbocycles. The second-order valence-electron chi connectivity index (χ2n) is 4.73. The van der Waals surface area contributed by atoms with E-state index >= 15 is 0 Å². The summed E-state index contributed by atoms with van der Waals surface area (Å²) in [6.45, 7) is 7.25. The van der Waals surface area contributed by atoms with Gasteiger partial charge in [-0.25, -0.2) is 0 Å². The molecular formula is C12H20N2O2. The van der Waals surface area contributed by atoms with Gasteiger partial charge in [-0.1, -0.05) is 5.16 Å². The van der Waals surface area contributed by atoms with E-state index in [0.717, 1.165) is 37.5 Å². The third-order valence-electron chi connectivity index (χ3n) is 3.42. The summed E-state index contributed by atoms with van der Waals surface area (Å²) in [5.74, 6) is 1.36. The number of nitrogens with zero attached hydrogens (tertiary/aromatic N) is 2. The van der Waals surface area contributed by atoms with Crippen molar-refractivity contribution in [3.63, 3.8) is 0 Å². The number of hydrogen-bond donors (Lipinski definition) is 1. The standard InChI is InChI=1S/C12H20N2O2/c1-9-12(10(2)16-13-9)7-14-5-3-4-11(6-14)8-15/h11,15H,3-8H2,1-2H3. The molecule has 4 heteroatoms. The summed E-state index contributed by atoms with van der Waals surface area (Å²) < 4.78 is 5.16. The van der Waals surface area contributed by atoms with Gasteiger partial charge in [-0.3, -0.25) is 4.90 Å². The molecule has 1 aromatic heterocycles. The van der Waals surface area contributed by atoms with Crippen LogP contribution < -0.4 is 0 Å². The van der Waals surface area contributed by atoms with E-state index in [0.29, 0.717) is 12.5 Å². The van der Waals surface area contributed by atoms with Gasteiger partial charge in [-0.2, -0.15) is 0 Å². The normalized spacial score (nSPS) is 22.6. The van der Waals surface area contributed by atoms with Crippen molar-refractivity contribution in [2.45, 2.75) is 33.2 Å². The SMILES string of the molecule is Cc1noc(C)c1CN1CCCC(CO)C1. The summed E-state index contributed by atoms with van der Waals surface area (Å²) in [6.07, 6.45) is 2.32. The van der Waals surface area contributed by atoms with E-state index in [9.17, 15) is 5.11 Å². The lowest BCUT2D eigenvalue weighted by atomic mass is 9.98. The van der Waals surface area contributed by atoms with Gasteiger partial charge in [-0.15, -0.1) is 0 Å². The van der Waals surface area contributed by atoms with Gasteiger partial charge in [0.1, 0.15) is 5.76 Å². The largest absolute Gasteiger partial charge is 0.396 e. The molecule has 1 atom stereocenters. The average Bonchev–Trinajstić information content (AvgIpc) is 2.61. The molecule has 0 radical (unpaired) electrons. The molecule has 0 aromatic carbocycles. The number of likely N-dealkylation sites (tertiary alicyclic amines) is 1. The highest BCUT2D eigenvalue weighted by Gasteiger charge is 2.21. The minimum absolute atomic E-state index is 0.304. The van der Waals surface area contributed by atoms with Crippen LogP contribution >= 0.6 is 0 Å². The minimum Gasteiger partial charge on any atom is -0.396 e. The van der Waals surface area contributed by atoms with Crippen molar-refractivity contribution >= 4 is 0 Å². The zero-order valence-electron chi connectivity index (χ0n) is 10.1. The lowest BCUT2D eigenvalue weighted by Gasteiger charge is -2.31. The Hall–Kier alpha value is -0.870. The number of aromatic nitrogens is 1. The number of aryl methyl sites for hydroxylation is 2. The lowest BCUT2D eigenvalue weighted by Crippen LogP contribution is -2.36. The number of hydrogen-bond acceptors (Lipinski definition) is 4. The Morgan fingerprint density at radius 3 is 2.94 bits per heavy atom. The predicted molar refractivity (Wildman–Crippen MR) is 61.1 cm³/mol. The minimum atomic E-state index is 0.304. The first-order valence-corrected chi connectivity index (χ1v) is 5.95. The Morgan fingerprint density at radius 1 is 1.50 bits per heavy atom. The second-order valence-corrected chi connectivity index (χ2v) is 4.73. The fourth-order valence-electron chi connectivity index (χ4n) is 2.40. The molecule has 1 aliphatic rings. The zero-order valence-corrected chi connectivity index (χ0v) is 10.1. The third-order valence-corrected chi connectivity index (χ3v) is 3.42. The average molecular weight is 224 g/mol. The molecule has 2 heterocycles. The van der Waals surface area contributed by atoms with Gasteiger partial charge in [0.15, 0.2) is 0 Å². The van der Waals surface area contributed by atoms with Crippen LogP contribution in [-0.2, 0) is 6.54 Å². The molecule has 0 amide bonds. The predicted octanol–water partition coefficient (Wildman–Crippen LogP) is 1.50. The first kappa shape index (κ1) is 11.6. The molecule has 90 valence electrons. The van der Waals surface area contributed by atoms with Crippen molar-refractivity contribution < 1.29 is 9.63 Å². The first-order valence-electron chi connectivity index (χ1n) is 5.95. The number of aliphatic hydroxyl groups excluding tert-OH is 1. The first-order chi connectivity index (χ1) is 7.70. The third kappa shape index (κ3) is 2.44. The van der Waals surface area contributed by atoms with Gasteiger partial charge in [0.05, 0.1) is 5.69 Å². The quantitative estimate of drug-likeness (QED) is 0.845. The Morgan fingerprint density at radius 2 is 2.31 bits per heavy atom. The van der Waals surface area contributed by atoms with Crippen molar-refractivity contribution in [2.75, 3.05) is 19.7 Å². The molecule has 1 N–H and O–H groups in total. The van der Waals surface area contributed by atoms with Gasteiger partial charge in [0, 0.05) is 25.3 Å². The Bertz CT molecular complexity index is 329. The van der Waals surface area contributed by atoms with Gasteiger partial charge in [0.2, 0.25) is 0 Å². The van der Waals surface area contributed by atoms with Crippen LogP contribution in [0.3, 0.4) is 0 Å². The highest BCUT2D eigenvalue weighted by molar-refractivity contribution is 5.20. The summed E-state index contributed by atoms with van der Waals surface area (Å²) in [7, 11) is 0. The molecule has 1 aliphatic heterocycles. The fourth-order valence-corrected chi connectivity index (χ4v) is 2.40. The Kier molecular flexibility index (Phi) is 3.61. The van der Waals surface area contributed by atoms with Crippen LogP contribution in [-0.4, -0.2) is 34.9 Å². The van der Waals surface area contributed by atoms with Crippen LogP contribution in [0.15, 0.2) is 4.52 Å². The van der Waals surface area contributed by atoms with Crippen molar-refractivity contribution in [3.05, 3.63) is 17.0 Å². The van der Waals surface area contributed by atoms with Crippen LogP contribution in [0.5, 0.6) is 0 Å². The maximum atomic E-state index is 9.19. The molecule has 0 bridgehead atoms. The maximum absolute atomic E-state index is 9.19. The van der Waals surface area contributed by atoms with E-state index in [1.165, 1.54) is 12.0 Å². The van der Waals surface area contributed by atoms with Gasteiger partial charge >= 0.3 is 0 Å². The number of rotatable bonds is 3. The molecule has 4 nitrogen and oxygen atoms in total. The Balaban J connectivity index is 1.99. The summed E-state index contributed by atoms with van der Waals surface area (Å²) in [5.41, 5.74) is 2.20. The molecule has 16 heavy (non-hydrogen) atoms. The van der Waals surface area contributed by atoms with E-state index < -0.39 is 0 Å². The van der Waals surface area contributed by atoms with Crippen molar-refractivity contribution in [2.24, 2.45) is 5.92 Å². The summed E-state index contributed by atoms with van der Waals surface area (Å²) >= 11 is 0. The van der Waals surface area contributed by atoms with Crippen LogP contribution in [0.1, 0.15) is 29.9 Å². The molecule has 0 saturated carbocycles. The Labute approximate surface area is 96.2 Å². The molecule has 2 rings (SSSR count). The van der Waals surface area contributed by atoms with E-state index in [4.69, 9.17) is 4.52 Å². The molecule has 0 spiro atoms. The van der Waals surface area contributed by atoms with Crippen LogP contribution in [0.4, 0.5) is 0 Å². The van der Waals surface area contributed by atoms with E-state index in [1.807, 2.05) is 13.8 Å². The van der Waals surface area contributed by atoms with E-state index in [2.05, 4.69) is 10.1 Å². The van der Waals surface area contributed by atoms with Crippen LogP contribution in [0.25, 0.3) is 0 Å². The monoisotopic (exact) mass is 224 g/mol. The van der Waals surface area contributed by atoms with E-state index in [1.54, 1.807) is 0 Å². The summed E-state index contributed by atoms with van der Waals surface area (Å²) in [4.78, 5) is 2.39. The van der Waals surface area contributed by atoms with E-state index in [-0.39, 0.29) is 0 Å². The lowest BCUT2D eigenvalue weighted by molar-refractivity contribution is 0.115. The highest BCUT2D eigenvalue weighted by atomic mass is 16.5. The van der Waals surface area contributed by atoms with Crippen LogP contribution in [0.2, 0.25) is 0 Å². The van der Waals surface area contributed by atoms with Gasteiger partial charge in [0.25, 0.3) is 0 Å². The molecule has 1 fully saturated rings. The highest BCUT2D eigenvalue weighted by Crippen LogP contribution is 2.20. The summed E-state index contributed by atoms with van der Waals surface area (Å²) in [6, 6.07) is 0. The van der Waals surface area contributed by atoms with Crippen molar-refractivity contribution in [1.82, 2.24) is 10.1 Å². The summed E-state index contributed by atoms with van der Waals surface area (Å²) in [5, 5.41) is 13.2. The number of aliphatic hydroxyl groups is 1. The molecule has 1 unspecified atom stereocenters. The molecular weight excluding hydrogens is 204 g/mol. The smallest absolute Gasteiger partial charge is 0.138 e. The zero-order chi connectivity index (χ0) is 11.5. The van der Waals surface area contributed by atoms with Crippen molar-refractivity contribution in [3.8, 4) is 0 Å². The maximum Gasteiger partial charge on any atom is 0.138 e. The molecule has 1 saturated heterocycles. The fraction of sp³-hybridized carbons (Fsp3) is 0.750. The van der Waals surface area contributed by atoms with Gasteiger partial charge in [-0.05, 0) is 39.2 Å². The van der Waals surface area contributed by atoms with Crippen LogP contribution in [0, 0.1) is 19.8 Å². The number of piperidine rings is 1. The topological polar surface area (TPSA) is 49.5 Å². The van der Waals surface area contributed by atoms with Gasteiger partial charge < -0.3 is 9.63 Å². The second kappa shape index (κ2) is 4.97. The molecule has 1 aromatic rings.